The molecule has 7 nitrogen and oxygen atoms in total. The van der Waals surface area contributed by atoms with Crippen LogP contribution in [0.15, 0.2) is 60.7 Å². The number of carbonyl (C=O) groups is 2. The van der Waals surface area contributed by atoms with Crippen LogP contribution in [0, 0.1) is 6.92 Å². The van der Waals surface area contributed by atoms with E-state index in [0.29, 0.717) is 17.1 Å². The predicted octanol–water partition coefficient (Wildman–Crippen LogP) is 3.57. The second-order valence-electron chi connectivity index (χ2n) is 5.82. The van der Waals surface area contributed by atoms with Gasteiger partial charge >= 0.3 is 5.97 Å². The minimum absolute atomic E-state index is 0.160. The first-order valence-electron chi connectivity index (χ1n) is 8.22. The van der Waals surface area contributed by atoms with Crippen molar-refractivity contribution < 1.29 is 14.3 Å². The Kier molecular flexibility index (Phi) is 5.41. The standard InChI is InChI=1S/C20H18N4O3/c1-13-5-3-7-15(11-13)21-18-10-9-17(23-24-18)19(25)22-16-8-4-6-14(12-16)20(26)27-2/h3-12H,1-2H3,(H,21,24)(H,22,25). The molecule has 2 aromatic carbocycles. The van der Waals surface area contributed by atoms with Crippen molar-refractivity contribution in [2.24, 2.45) is 0 Å². The zero-order valence-corrected chi connectivity index (χ0v) is 14.9. The zero-order chi connectivity index (χ0) is 19.2. The minimum atomic E-state index is -0.475. The van der Waals surface area contributed by atoms with E-state index >= 15 is 0 Å². The molecule has 1 aromatic heterocycles. The number of anilines is 3. The van der Waals surface area contributed by atoms with Crippen molar-refractivity contribution in [3.05, 3.63) is 77.5 Å². The molecule has 136 valence electrons. The maximum atomic E-state index is 12.3. The third-order valence-electron chi connectivity index (χ3n) is 3.73. The summed E-state index contributed by atoms with van der Waals surface area (Å²) in [5.74, 6) is -0.367. The number of aryl methyl sites for hydroxylation is 1. The first kappa shape index (κ1) is 18.1. The number of nitrogens with one attached hydrogen (secondary N) is 2. The number of ether oxygens (including phenoxy) is 1. The Morgan fingerprint density at radius 2 is 1.70 bits per heavy atom. The highest BCUT2D eigenvalue weighted by atomic mass is 16.5. The van der Waals surface area contributed by atoms with Gasteiger partial charge in [0.25, 0.3) is 5.91 Å². The Hall–Kier alpha value is -3.74. The Morgan fingerprint density at radius 1 is 0.926 bits per heavy atom. The summed E-state index contributed by atoms with van der Waals surface area (Å²) in [6.45, 7) is 2.00. The smallest absolute Gasteiger partial charge is 0.337 e. The van der Waals surface area contributed by atoms with E-state index in [2.05, 4.69) is 25.6 Å². The van der Waals surface area contributed by atoms with Gasteiger partial charge in [-0.25, -0.2) is 4.79 Å². The fraction of sp³-hybridized carbons (Fsp3) is 0.100. The summed E-state index contributed by atoms with van der Waals surface area (Å²) in [6.07, 6.45) is 0. The second kappa shape index (κ2) is 8.09. The number of carbonyl (C=O) groups excluding carboxylic acids is 2. The summed E-state index contributed by atoms with van der Waals surface area (Å²) < 4.78 is 4.67. The molecule has 0 fully saturated rings. The van der Waals surface area contributed by atoms with E-state index in [1.165, 1.54) is 13.2 Å². The van der Waals surface area contributed by atoms with Crippen molar-refractivity contribution in [3.63, 3.8) is 0 Å². The molecule has 2 N–H and O–H groups in total. The van der Waals surface area contributed by atoms with Crippen molar-refractivity contribution in [2.75, 3.05) is 17.7 Å². The van der Waals surface area contributed by atoms with Crippen LogP contribution < -0.4 is 10.6 Å². The second-order valence-corrected chi connectivity index (χ2v) is 5.82. The predicted molar refractivity (Wildman–Crippen MR) is 102 cm³/mol. The van der Waals surface area contributed by atoms with Gasteiger partial charge in [0.05, 0.1) is 12.7 Å². The molecule has 0 saturated carbocycles. The summed E-state index contributed by atoms with van der Waals surface area (Å²) in [4.78, 5) is 23.9. The van der Waals surface area contributed by atoms with Crippen LogP contribution >= 0.6 is 0 Å². The van der Waals surface area contributed by atoms with Gasteiger partial charge < -0.3 is 15.4 Å². The van der Waals surface area contributed by atoms with E-state index < -0.39 is 11.9 Å². The molecule has 0 radical (unpaired) electrons. The molecule has 0 unspecified atom stereocenters. The Morgan fingerprint density at radius 3 is 2.41 bits per heavy atom. The topological polar surface area (TPSA) is 93.2 Å². The van der Waals surface area contributed by atoms with Gasteiger partial charge in [-0.15, -0.1) is 10.2 Å². The lowest BCUT2D eigenvalue weighted by molar-refractivity contribution is 0.0600. The van der Waals surface area contributed by atoms with Crippen molar-refractivity contribution in [3.8, 4) is 0 Å². The number of hydrogen-bond donors (Lipinski definition) is 2. The number of benzene rings is 2. The highest BCUT2D eigenvalue weighted by molar-refractivity contribution is 6.03. The van der Waals surface area contributed by atoms with Crippen molar-refractivity contribution in [1.29, 1.82) is 0 Å². The summed E-state index contributed by atoms with van der Waals surface area (Å²) in [6, 6.07) is 17.6. The molecule has 0 spiro atoms. The average molecular weight is 362 g/mol. The van der Waals surface area contributed by atoms with Crippen LogP contribution in [0.3, 0.4) is 0 Å². The fourth-order valence-electron chi connectivity index (χ4n) is 2.43. The molecule has 0 saturated heterocycles. The van der Waals surface area contributed by atoms with Crippen LogP contribution in [0.1, 0.15) is 26.4 Å². The van der Waals surface area contributed by atoms with Crippen LogP contribution in [0.2, 0.25) is 0 Å². The first-order valence-corrected chi connectivity index (χ1v) is 8.22. The molecule has 0 bridgehead atoms. The maximum absolute atomic E-state index is 12.3. The number of nitrogens with zero attached hydrogens (tertiary/aromatic N) is 2. The molecule has 3 rings (SSSR count). The molecule has 27 heavy (non-hydrogen) atoms. The molecule has 0 aliphatic rings. The van der Waals surface area contributed by atoms with Gasteiger partial charge in [-0.05, 0) is 55.0 Å². The molecule has 7 heteroatoms. The summed E-state index contributed by atoms with van der Waals surface area (Å²) in [5.41, 5.74) is 2.98. The number of hydrogen-bond acceptors (Lipinski definition) is 6. The van der Waals surface area contributed by atoms with Gasteiger partial charge in [0.2, 0.25) is 0 Å². The third-order valence-corrected chi connectivity index (χ3v) is 3.73. The number of aromatic nitrogens is 2. The van der Waals surface area contributed by atoms with Crippen LogP contribution in [0.25, 0.3) is 0 Å². The quantitative estimate of drug-likeness (QED) is 0.674. The number of methoxy groups -OCH3 is 1. The van der Waals surface area contributed by atoms with Crippen LogP contribution in [-0.2, 0) is 4.74 Å². The zero-order valence-electron chi connectivity index (χ0n) is 14.9. The van der Waals surface area contributed by atoms with E-state index in [1.54, 1.807) is 30.3 Å². The highest BCUT2D eigenvalue weighted by Gasteiger charge is 2.11. The summed E-state index contributed by atoms with van der Waals surface area (Å²) >= 11 is 0. The molecule has 0 atom stereocenters. The SMILES string of the molecule is COC(=O)c1cccc(NC(=O)c2ccc(Nc3cccc(C)c3)nn2)c1. The largest absolute Gasteiger partial charge is 0.465 e. The van der Waals surface area contributed by atoms with Gasteiger partial charge in [-0.1, -0.05) is 18.2 Å². The van der Waals surface area contributed by atoms with Gasteiger partial charge in [-0.3, -0.25) is 4.79 Å². The molecular formula is C20H18N4O3. The molecular weight excluding hydrogens is 344 g/mol. The number of esters is 1. The van der Waals surface area contributed by atoms with Gasteiger partial charge in [0, 0.05) is 11.4 Å². The number of amides is 1. The molecule has 1 amide bonds. The van der Waals surface area contributed by atoms with Gasteiger partial charge in [-0.2, -0.15) is 0 Å². The van der Waals surface area contributed by atoms with Crippen molar-refractivity contribution in [2.45, 2.75) is 6.92 Å². The van der Waals surface area contributed by atoms with E-state index in [9.17, 15) is 9.59 Å². The Bertz CT molecular complexity index is 971. The average Bonchev–Trinajstić information content (AvgIpc) is 2.68. The molecule has 1 heterocycles. The lowest BCUT2D eigenvalue weighted by atomic mass is 10.2. The molecule has 0 aliphatic carbocycles. The van der Waals surface area contributed by atoms with Crippen LogP contribution in [-0.4, -0.2) is 29.2 Å². The van der Waals surface area contributed by atoms with Gasteiger partial charge in [0.15, 0.2) is 11.5 Å². The first-order chi connectivity index (χ1) is 13.0. The number of rotatable bonds is 5. The Labute approximate surface area is 156 Å². The van der Waals surface area contributed by atoms with E-state index in [1.807, 2.05) is 31.2 Å². The van der Waals surface area contributed by atoms with Crippen molar-refractivity contribution in [1.82, 2.24) is 10.2 Å². The summed E-state index contributed by atoms with van der Waals surface area (Å²) in [5, 5.41) is 13.8. The molecule has 0 aliphatic heterocycles. The summed E-state index contributed by atoms with van der Waals surface area (Å²) in [7, 11) is 1.30. The van der Waals surface area contributed by atoms with E-state index in [0.717, 1.165) is 11.3 Å². The van der Waals surface area contributed by atoms with Crippen LogP contribution in [0.5, 0.6) is 0 Å². The monoisotopic (exact) mass is 362 g/mol. The van der Waals surface area contributed by atoms with Crippen molar-refractivity contribution >= 4 is 29.1 Å². The Balaban J connectivity index is 1.68. The lowest BCUT2D eigenvalue weighted by Crippen LogP contribution is -2.15. The third kappa shape index (κ3) is 4.66. The maximum Gasteiger partial charge on any atom is 0.337 e. The van der Waals surface area contributed by atoms with Gasteiger partial charge in [0.1, 0.15) is 0 Å². The molecule has 3 aromatic rings. The van der Waals surface area contributed by atoms with E-state index in [-0.39, 0.29) is 5.69 Å². The fourth-order valence-corrected chi connectivity index (χ4v) is 2.43. The van der Waals surface area contributed by atoms with E-state index in [4.69, 9.17) is 0 Å². The lowest BCUT2D eigenvalue weighted by Gasteiger charge is -2.08. The van der Waals surface area contributed by atoms with Crippen LogP contribution in [0.4, 0.5) is 17.2 Å². The normalized spacial score (nSPS) is 10.1. The minimum Gasteiger partial charge on any atom is -0.465 e. The highest BCUT2D eigenvalue weighted by Crippen LogP contribution is 2.16.